The lowest BCUT2D eigenvalue weighted by Gasteiger charge is -2.07. The zero-order valence-corrected chi connectivity index (χ0v) is 11.5. The number of nitrogens with one attached hydrogen (secondary N) is 1. The van der Waals surface area contributed by atoms with Gasteiger partial charge in [-0.2, -0.15) is 0 Å². The molecule has 0 aliphatic heterocycles. The van der Waals surface area contributed by atoms with Gasteiger partial charge in [0.15, 0.2) is 6.61 Å². The standard InChI is InChI=1S/C14H18N2O4/c1-9(2)10-3-5-11(6-4-10)14(19)20-8-13(18)16-7-12(15)17/h3-6,9H,7-8H2,1-2H3,(H2,15,17)(H,16,18). The number of carbonyl (C=O) groups is 3. The summed E-state index contributed by atoms with van der Waals surface area (Å²) >= 11 is 0. The lowest BCUT2D eigenvalue weighted by atomic mass is 10.0. The molecule has 0 unspecified atom stereocenters. The minimum Gasteiger partial charge on any atom is -0.452 e. The monoisotopic (exact) mass is 278 g/mol. The Balaban J connectivity index is 2.46. The number of ether oxygens (including phenoxy) is 1. The summed E-state index contributed by atoms with van der Waals surface area (Å²) in [4.78, 5) is 33.4. The van der Waals surface area contributed by atoms with E-state index in [2.05, 4.69) is 19.2 Å². The van der Waals surface area contributed by atoms with Crippen molar-refractivity contribution in [1.82, 2.24) is 5.32 Å². The van der Waals surface area contributed by atoms with E-state index in [4.69, 9.17) is 10.5 Å². The maximum atomic E-state index is 11.7. The van der Waals surface area contributed by atoms with Crippen LogP contribution in [0.15, 0.2) is 24.3 Å². The van der Waals surface area contributed by atoms with Crippen molar-refractivity contribution in [2.45, 2.75) is 19.8 Å². The Labute approximate surface area is 117 Å². The van der Waals surface area contributed by atoms with Crippen LogP contribution >= 0.6 is 0 Å². The van der Waals surface area contributed by atoms with Gasteiger partial charge in [0.25, 0.3) is 5.91 Å². The van der Waals surface area contributed by atoms with Gasteiger partial charge in [-0.05, 0) is 23.6 Å². The molecule has 1 rings (SSSR count). The summed E-state index contributed by atoms with van der Waals surface area (Å²) in [5, 5.41) is 2.22. The SMILES string of the molecule is CC(C)c1ccc(C(=O)OCC(=O)NCC(N)=O)cc1. The van der Waals surface area contributed by atoms with E-state index in [1.165, 1.54) is 0 Å². The third-order valence-corrected chi connectivity index (χ3v) is 2.61. The molecule has 108 valence electrons. The van der Waals surface area contributed by atoms with Crippen LogP contribution in [0.3, 0.4) is 0 Å². The van der Waals surface area contributed by atoms with E-state index >= 15 is 0 Å². The van der Waals surface area contributed by atoms with Gasteiger partial charge in [-0.1, -0.05) is 26.0 Å². The highest BCUT2D eigenvalue weighted by atomic mass is 16.5. The first kappa shape index (κ1) is 15.7. The second-order valence-electron chi connectivity index (χ2n) is 4.60. The molecule has 20 heavy (non-hydrogen) atoms. The highest BCUT2D eigenvalue weighted by Gasteiger charge is 2.10. The Morgan fingerprint density at radius 1 is 1.20 bits per heavy atom. The average molecular weight is 278 g/mol. The number of benzene rings is 1. The maximum absolute atomic E-state index is 11.7. The van der Waals surface area contributed by atoms with Gasteiger partial charge in [-0.3, -0.25) is 9.59 Å². The second kappa shape index (κ2) is 7.28. The number of primary amides is 1. The number of hydrogen-bond acceptors (Lipinski definition) is 4. The fourth-order valence-corrected chi connectivity index (χ4v) is 1.46. The van der Waals surface area contributed by atoms with Crippen LogP contribution in [0.2, 0.25) is 0 Å². The topological polar surface area (TPSA) is 98.5 Å². The van der Waals surface area contributed by atoms with Crippen molar-refractivity contribution in [1.29, 1.82) is 0 Å². The number of rotatable bonds is 6. The highest BCUT2D eigenvalue weighted by Crippen LogP contribution is 2.15. The molecule has 0 bridgehead atoms. The third kappa shape index (κ3) is 5.09. The van der Waals surface area contributed by atoms with Crippen LogP contribution in [0.4, 0.5) is 0 Å². The van der Waals surface area contributed by atoms with E-state index < -0.39 is 24.4 Å². The summed E-state index contributed by atoms with van der Waals surface area (Å²) in [5.41, 5.74) is 6.35. The van der Waals surface area contributed by atoms with Crippen molar-refractivity contribution in [3.63, 3.8) is 0 Å². The first-order valence-electron chi connectivity index (χ1n) is 6.22. The van der Waals surface area contributed by atoms with Gasteiger partial charge < -0.3 is 15.8 Å². The molecular weight excluding hydrogens is 260 g/mol. The zero-order chi connectivity index (χ0) is 15.1. The molecule has 0 fully saturated rings. The number of amides is 2. The predicted molar refractivity (Wildman–Crippen MR) is 73.0 cm³/mol. The molecule has 0 radical (unpaired) electrons. The zero-order valence-electron chi connectivity index (χ0n) is 11.5. The van der Waals surface area contributed by atoms with Crippen molar-refractivity contribution in [2.24, 2.45) is 5.73 Å². The van der Waals surface area contributed by atoms with Gasteiger partial charge in [0, 0.05) is 0 Å². The quantitative estimate of drug-likeness (QED) is 0.743. The Bertz CT molecular complexity index is 494. The van der Waals surface area contributed by atoms with Crippen molar-refractivity contribution < 1.29 is 19.1 Å². The lowest BCUT2D eigenvalue weighted by molar-refractivity contribution is -0.127. The molecule has 0 saturated carbocycles. The Hall–Kier alpha value is -2.37. The number of esters is 1. The molecule has 0 aliphatic carbocycles. The molecule has 0 aliphatic rings. The largest absolute Gasteiger partial charge is 0.452 e. The van der Waals surface area contributed by atoms with E-state index in [1.54, 1.807) is 12.1 Å². The molecule has 1 aromatic rings. The van der Waals surface area contributed by atoms with Crippen LogP contribution < -0.4 is 11.1 Å². The van der Waals surface area contributed by atoms with Crippen LogP contribution in [0.25, 0.3) is 0 Å². The smallest absolute Gasteiger partial charge is 0.338 e. The molecular formula is C14H18N2O4. The van der Waals surface area contributed by atoms with E-state index in [9.17, 15) is 14.4 Å². The van der Waals surface area contributed by atoms with Crippen LogP contribution in [-0.4, -0.2) is 30.9 Å². The third-order valence-electron chi connectivity index (χ3n) is 2.61. The van der Waals surface area contributed by atoms with Gasteiger partial charge >= 0.3 is 5.97 Å². The van der Waals surface area contributed by atoms with Gasteiger partial charge in [0.2, 0.25) is 5.91 Å². The molecule has 6 nitrogen and oxygen atoms in total. The summed E-state index contributed by atoms with van der Waals surface area (Å²) in [7, 11) is 0. The van der Waals surface area contributed by atoms with E-state index in [0.717, 1.165) is 5.56 Å². The minimum absolute atomic E-state index is 0.278. The normalized spacial score (nSPS) is 10.2. The van der Waals surface area contributed by atoms with Crippen LogP contribution in [0, 0.1) is 0 Å². The summed E-state index contributed by atoms with van der Waals surface area (Å²) in [6.45, 7) is 3.38. The molecule has 2 amide bonds. The van der Waals surface area contributed by atoms with Crippen molar-refractivity contribution in [3.8, 4) is 0 Å². The molecule has 0 heterocycles. The Kier molecular flexibility index (Phi) is 5.71. The molecule has 6 heteroatoms. The van der Waals surface area contributed by atoms with Gasteiger partial charge in [0.05, 0.1) is 12.1 Å². The van der Waals surface area contributed by atoms with Crippen LogP contribution in [0.1, 0.15) is 35.7 Å². The summed E-state index contributed by atoms with van der Waals surface area (Å²) in [6.07, 6.45) is 0. The van der Waals surface area contributed by atoms with Gasteiger partial charge in [0.1, 0.15) is 0 Å². The minimum atomic E-state index is -0.658. The number of carbonyl (C=O) groups excluding carboxylic acids is 3. The van der Waals surface area contributed by atoms with Crippen molar-refractivity contribution in [2.75, 3.05) is 13.2 Å². The highest BCUT2D eigenvalue weighted by molar-refractivity contribution is 5.91. The first-order chi connectivity index (χ1) is 9.40. The summed E-state index contributed by atoms with van der Waals surface area (Å²) in [6, 6.07) is 6.99. The molecule has 1 aromatic carbocycles. The van der Waals surface area contributed by atoms with E-state index in [1.807, 2.05) is 12.1 Å². The molecule has 0 saturated heterocycles. The summed E-state index contributed by atoms with van der Waals surface area (Å²) < 4.78 is 4.82. The lowest BCUT2D eigenvalue weighted by Crippen LogP contribution is -2.35. The second-order valence-corrected chi connectivity index (χ2v) is 4.60. The Morgan fingerprint density at radius 3 is 2.30 bits per heavy atom. The summed E-state index contributed by atoms with van der Waals surface area (Å²) in [5.74, 6) is -1.45. The number of nitrogens with two attached hydrogens (primary N) is 1. The fourth-order valence-electron chi connectivity index (χ4n) is 1.46. The molecule has 0 aromatic heterocycles. The predicted octanol–water partition coefficient (Wildman–Crippen LogP) is 0.568. The average Bonchev–Trinajstić information content (AvgIpc) is 2.42. The van der Waals surface area contributed by atoms with Gasteiger partial charge in [-0.25, -0.2) is 4.79 Å². The first-order valence-corrected chi connectivity index (χ1v) is 6.22. The molecule has 0 spiro atoms. The van der Waals surface area contributed by atoms with Crippen molar-refractivity contribution in [3.05, 3.63) is 35.4 Å². The van der Waals surface area contributed by atoms with Gasteiger partial charge in [-0.15, -0.1) is 0 Å². The van der Waals surface area contributed by atoms with Crippen LogP contribution in [0.5, 0.6) is 0 Å². The van der Waals surface area contributed by atoms with Crippen LogP contribution in [-0.2, 0) is 14.3 Å². The van der Waals surface area contributed by atoms with E-state index in [-0.39, 0.29) is 6.54 Å². The number of hydrogen-bond donors (Lipinski definition) is 2. The molecule has 3 N–H and O–H groups in total. The fraction of sp³-hybridized carbons (Fsp3) is 0.357. The molecule has 0 atom stereocenters. The van der Waals surface area contributed by atoms with Crippen molar-refractivity contribution >= 4 is 17.8 Å². The van der Waals surface area contributed by atoms with E-state index in [0.29, 0.717) is 11.5 Å². The maximum Gasteiger partial charge on any atom is 0.338 e. The Morgan fingerprint density at radius 2 is 1.80 bits per heavy atom.